The maximum Gasteiger partial charge on any atom is 0.261 e. The van der Waals surface area contributed by atoms with Gasteiger partial charge in [0, 0.05) is 17.7 Å². The van der Waals surface area contributed by atoms with Gasteiger partial charge in [0.2, 0.25) is 0 Å². The highest BCUT2D eigenvalue weighted by molar-refractivity contribution is 5.93. The Morgan fingerprint density at radius 1 is 1.31 bits per heavy atom. The van der Waals surface area contributed by atoms with E-state index < -0.39 is 0 Å². The summed E-state index contributed by atoms with van der Waals surface area (Å²) in [5, 5.41) is 0. The van der Waals surface area contributed by atoms with Gasteiger partial charge < -0.3 is 4.57 Å². The lowest BCUT2D eigenvalue weighted by atomic mass is 9.90. The van der Waals surface area contributed by atoms with Gasteiger partial charge in [-0.05, 0) is 26.0 Å². The Morgan fingerprint density at radius 2 is 1.88 bits per heavy atom. The van der Waals surface area contributed by atoms with Gasteiger partial charge in [0.05, 0.1) is 5.56 Å². The van der Waals surface area contributed by atoms with Gasteiger partial charge in [-0.15, -0.1) is 0 Å². The van der Waals surface area contributed by atoms with Crippen molar-refractivity contribution in [3.05, 3.63) is 33.7 Å². The van der Waals surface area contributed by atoms with Crippen LogP contribution in [-0.2, 0) is 12.0 Å². The molecule has 1 rings (SSSR count). The fourth-order valence-corrected chi connectivity index (χ4v) is 1.82. The van der Waals surface area contributed by atoms with E-state index in [9.17, 15) is 9.59 Å². The lowest BCUT2D eigenvalue weighted by molar-refractivity contribution is 0.101. The normalized spacial score (nSPS) is 11.6. The highest BCUT2D eigenvalue weighted by Gasteiger charge is 2.20. The van der Waals surface area contributed by atoms with E-state index in [4.69, 9.17) is 0 Å². The van der Waals surface area contributed by atoms with Crippen LogP contribution >= 0.6 is 0 Å². The fourth-order valence-electron chi connectivity index (χ4n) is 1.82. The molecule has 0 aromatic carbocycles. The van der Waals surface area contributed by atoms with Crippen molar-refractivity contribution < 1.29 is 4.79 Å². The van der Waals surface area contributed by atoms with Crippen LogP contribution in [0.1, 0.15) is 50.7 Å². The van der Waals surface area contributed by atoms with E-state index in [0.29, 0.717) is 6.54 Å². The van der Waals surface area contributed by atoms with E-state index in [0.717, 1.165) is 5.69 Å². The highest BCUT2D eigenvalue weighted by Crippen LogP contribution is 2.21. The first-order valence-electron chi connectivity index (χ1n) is 5.54. The summed E-state index contributed by atoms with van der Waals surface area (Å²) in [6, 6.07) is 3.51. The van der Waals surface area contributed by atoms with Crippen LogP contribution in [0.15, 0.2) is 16.9 Å². The molecule has 0 atom stereocenters. The van der Waals surface area contributed by atoms with Gasteiger partial charge in [-0.25, -0.2) is 0 Å². The Bertz CT molecular complexity index is 464. The van der Waals surface area contributed by atoms with Crippen LogP contribution in [0.2, 0.25) is 0 Å². The summed E-state index contributed by atoms with van der Waals surface area (Å²) in [5.41, 5.74) is 0.965. The van der Waals surface area contributed by atoms with E-state index in [-0.39, 0.29) is 22.3 Å². The molecule has 3 nitrogen and oxygen atoms in total. The Hall–Kier alpha value is -1.38. The summed E-state index contributed by atoms with van der Waals surface area (Å²) in [6.45, 7) is 10.1. The maximum absolute atomic E-state index is 12.1. The lowest BCUT2D eigenvalue weighted by Crippen LogP contribution is -2.32. The number of Topliss-reactive ketones (excluding diaryl/α,β-unsaturated/α-hetero) is 1. The SMILES string of the molecule is CCn1c(C(C)(C)C)ccc(C(C)=O)c1=O. The van der Waals surface area contributed by atoms with Crippen molar-refractivity contribution >= 4 is 5.78 Å². The molecule has 0 saturated carbocycles. The summed E-state index contributed by atoms with van der Waals surface area (Å²) in [7, 11) is 0. The van der Waals surface area contributed by atoms with Crippen LogP contribution in [0.25, 0.3) is 0 Å². The molecule has 0 amide bonds. The van der Waals surface area contributed by atoms with Crippen molar-refractivity contribution in [1.82, 2.24) is 4.57 Å². The number of nitrogens with zero attached hydrogens (tertiary/aromatic N) is 1. The van der Waals surface area contributed by atoms with Gasteiger partial charge in [0.15, 0.2) is 5.78 Å². The molecule has 0 spiro atoms. The Kier molecular flexibility index (Phi) is 3.36. The van der Waals surface area contributed by atoms with E-state index >= 15 is 0 Å². The van der Waals surface area contributed by atoms with Crippen LogP contribution in [0.5, 0.6) is 0 Å². The smallest absolute Gasteiger partial charge is 0.261 e. The summed E-state index contributed by atoms with van der Waals surface area (Å²) in [4.78, 5) is 23.3. The second-order valence-corrected chi connectivity index (χ2v) is 4.99. The zero-order valence-corrected chi connectivity index (χ0v) is 10.6. The Morgan fingerprint density at radius 3 is 2.25 bits per heavy atom. The molecule has 0 aliphatic carbocycles. The highest BCUT2D eigenvalue weighted by atomic mass is 16.1. The van der Waals surface area contributed by atoms with Crippen LogP contribution in [0, 0.1) is 0 Å². The first-order valence-corrected chi connectivity index (χ1v) is 5.54. The van der Waals surface area contributed by atoms with Crippen LogP contribution < -0.4 is 5.56 Å². The molecule has 1 aromatic rings. The molecule has 0 aliphatic rings. The largest absolute Gasteiger partial charge is 0.312 e. The van der Waals surface area contributed by atoms with Crippen molar-refractivity contribution in [3.63, 3.8) is 0 Å². The van der Waals surface area contributed by atoms with Gasteiger partial charge >= 0.3 is 0 Å². The van der Waals surface area contributed by atoms with Gasteiger partial charge in [0.1, 0.15) is 0 Å². The summed E-state index contributed by atoms with van der Waals surface area (Å²) < 4.78 is 1.68. The first-order chi connectivity index (χ1) is 7.29. The molecule has 0 radical (unpaired) electrons. The van der Waals surface area contributed by atoms with Crippen molar-refractivity contribution in [2.45, 2.75) is 46.6 Å². The van der Waals surface area contributed by atoms with E-state index in [1.807, 2.05) is 13.0 Å². The summed E-state index contributed by atoms with van der Waals surface area (Å²) in [5.74, 6) is -0.173. The molecular formula is C13H19NO2. The van der Waals surface area contributed by atoms with E-state index in [1.165, 1.54) is 6.92 Å². The van der Waals surface area contributed by atoms with Crippen LogP contribution in [0.3, 0.4) is 0 Å². The van der Waals surface area contributed by atoms with Crippen molar-refractivity contribution in [2.24, 2.45) is 0 Å². The first kappa shape index (κ1) is 12.7. The molecule has 88 valence electrons. The van der Waals surface area contributed by atoms with Crippen molar-refractivity contribution in [1.29, 1.82) is 0 Å². The number of carbonyl (C=O) groups is 1. The van der Waals surface area contributed by atoms with Crippen molar-refractivity contribution in [3.8, 4) is 0 Å². The zero-order chi connectivity index (χ0) is 12.5. The van der Waals surface area contributed by atoms with E-state index in [2.05, 4.69) is 20.8 Å². The second kappa shape index (κ2) is 4.24. The summed E-state index contributed by atoms with van der Waals surface area (Å²) >= 11 is 0. The third-order valence-electron chi connectivity index (χ3n) is 2.64. The zero-order valence-electron chi connectivity index (χ0n) is 10.6. The predicted octanol–water partition coefficient (Wildman–Crippen LogP) is 2.37. The van der Waals surface area contributed by atoms with Gasteiger partial charge in [-0.1, -0.05) is 20.8 Å². The van der Waals surface area contributed by atoms with Crippen molar-refractivity contribution in [2.75, 3.05) is 0 Å². The van der Waals surface area contributed by atoms with Gasteiger partial charge in [-0.3, -0.25) is 9.59 Å². The Labute approximate surface area is 96.1 Å². The number of ketones is 1. The molecule has 0 aliphatic heterocycles. The Balaban J connectivity index is 3.54. The number of hydrogen-bond donors (Lipinski definition) is 0. The molecule has 0 unspecified atom stereocenters. The molecule has 0 N–H and O–H groups in total. The quantitative estimate of drug-likeness (QED) is 0.719. The molecule has 3 heteroatoms. The average Bonchev–Trinajstić information content (AvgIpc) is 2.15. The molecule has 0 bridgehead atoms. The molecule has 1 heterocycles. The molecule has 1 aromatic heterocycles. The van der Waals surface area contributed by atoms with Crippen LogP contribution in [-0.4, -0.2) is 10.4 Å². The number of carbonyl (C=O) groups excluding carboxylic acids is 1. The third-order valence-corrected chi connectivity index (χ3v) is 2.64. The maximum atomic E-state index is 12.1. The van der Waals surface area contributed by atoms with E-state index in [1.54, 1.807) is 10.6 Å². The molecule has 0 saturated heterocycles. The lowest BCUT2D eigenvalue weighted by Gasteiger charge is -2.23. The minimum Gasteiger partial charge on any atom is -0.312 e. The molecular weight excluding hydrogens is 202 g/mol. The number of hydrogen-bond acceptors (Lipinski definition) is 2. The fraction of sp³-hybridized carbons (Fsp3) is 0.538. The minimum absolute atomic E-state index is 0.0928. The van der Waals surface area contributed by atoms with Crippen LogP contribution in [0.4, 0.5) is 0 Å². The monoisotopic (exact) mass is 221 g/mol. The molecule has 0 fully saturated rings. The molecule has 16 heavy (non-hydrogen) atoms. The average molecular weight is 221 g/mol. The predicted molar refractivity (Wildman–Crippen MR) is 65.1 cm³/mol. The number of rotatable bonds is 2. The standard InChI is InChI=1S/C13H19NO2/c1-6-14-11(13(3,4)5)8-7-10(9(2)15)12(14)16/h7-8H,6H2,1-5H3. The second-order valence-electron chi connectivity index (χ2n) is 4.99. The topological polar surface area (TPSA) is 39.1 Å². The number of pyridine rings is 1. The third kappa shape index (κ3) is 2.23. The van der Waals surface area contributed by atoms with Gasteiger partial charge in [0.25, 0.3) is 5.56 Å². The minimum atomic E-state index is -0.178. The van der Waals surface area contributed by atoms with Gasteiger partial charge in [-0.2, -0.15) is 0 Å². The summed E-state index contributed by atoms with van der Waals surface area (Å²) in [6.07, 6.45) is 0. The number of aromatic nitrogens is 1.